The van der Waals surface area contributed by atoms with E-state index in [1.807, 2.05) is 24.3 Å². The summed E-state index contributed by atoms with van der Waals surface area (Å²) in [6.07, 6.45) is -5.52. The minimum Gasteiger partial charge on any atom is -0.497 e. The highest BCUT2D eigenvalue weighted by molar-refractivity contribution is 9.09. The first kappa shape index (κ1) is 31.5. The van der Waals surface area contributed by atoms with Crippen LogP contribution < -0.4 is 4.74 Å². The van der Waals surface area contributed by atoms with E-state index in [9.17, 15) is 19.2 Å². The Morgan fingerprint density at radius 3 is 2.12 bits per heavy atom. The van der Waals surface area contributed by atoms with Gasteiger partial charge in [0.2, 0.25) is 5.79 Å². The summed E-state index contributed by atoms with van der Waals surface area (Å²) in [5.41, 5.74) is 1.12. The standard InChI is InChI=1S/C30H33BrO11/c1-17(32)38-24-16-25(41-29(35)21-8-6-5-7-9-21)30(28(40-19(3)34)27(24)39-18(2)33)37-15-14-23(42-30)26(31)20-10-12-22(36-4)13-11-20/h5-13,23-28H,14-16H2,1-4H3/t23-,24-,25+,26?,27+,28+,30+/m1/s1. The first-order valence-electron chi connectivity index (χ1n) is 13.4. The van der Waals surface area contributed by atoms with Gasteiger partial charge in [-0.25, -0.2) is 4.79 Å². The number of carbonyl (C=O) groups is 4. The van der Waals surface area contributed by atoms with E-state index in [0.717, 1.165) is 5.56 Å². The smallest absolute Gasteiger partial charge is 0.338 e. The maximum atomic E-state index is 13.3. The molecular formula is C30H33BrO11. The van der Waals surface area contributed by atoms with Gasteiger partial charge in [-0.05, 0) is 36.2 Å². The molecule has 42 heavy (non-hydrogen) atoms. The van der Waals surface area contributed by atoms with Gasteiger partial charge in [0.15, 0.2) is 18.3 Å². The molecule has 0 bridgehead atoms. The van der Waals surface area contributed by atoms with Gasteiger partial charge in [0.25, 0.3) is 0 Å². The van der Waals surface area contributed by atoms with Crippen molar-refractivity contribution in [2.24, 2.45) is 0 Å². The Morgan fingerprint density at radius 1 is 0.881 bits per heavy atom. The molecule has 2 aromatic rings. The zero-order valence-corrected chi connectivity index (χ0v) is 25.2. The molecule has 1 aliphatic carbocycles. The third-order valence-corrected chi connectivity index (χ3v) is 8.07. The second-order valence-corrected chi connectivity index (χ2v) is 10.9. The van der Waals surface area contributed by atoms with Crippen LogP contribution in [-0.2, 0) is 42.8 Å². The third kappa shape index (κ3) is 7.11. The van der Waals surface area contributed by atoms with Crippen LogP contribution in [0.5, 0.6) is 5.75 Å². The average molecular weight is 649 g/mol. The second-order valence-electron chi connectivity index (χ2n) is 9.94. The number of esters is 4. The van der Waals surface area contributed by atoms with E-state index in [1.165, 1.54) is 20.8 Å². The molecule has 1 heterocycles. The maximum absolute atomic E-state index is 13.3. The molecule has 2 aromatic carbocycles. The molecule has 1 saturated carbocycles. The molecule has 7 atom stereocenters. The highest BCUT2D eigenvalue weighted by Gasteiger charge is 2.65. The summed E-state index contributed by atoms with van der Waals surface area (Å²) >= 11 is 3.73. The summed E-state index contributed by atoms with van der Waals surface area (Å²) in [6.45, 7) is 3.65. The quantitative estimate of drug-likeness (QED) is 0.233. The molecule has 0 aromatic heterocycles. The van der Waals surface area contributed by atoms with Crippen molar-refractivity contribution in [2.75, 3.05) is 13.7 Å². The van der Waals surface area contributed by atoms with Crippen LogP contribution in [-0.4, -0.2) is 73.9 Å². The fourth-order valence-corrected chi connectivity index (χ4v) is 5.87. The van der Waals surface area contributed by atoms with Gasteiger partial charge in [0.05, 0.1) is 30.2 Å². The van der Waals surface area contributed by atoms with Gasteiger partial charge in [-0.15, -0.1) is 0 Å². The van der Waals surface area contributed by atoms with Gasteiger partial charge in [-0.3, -0.25) is 14.4 Å². The van der Waals surface area contributed by atoms with Crippen LogP contribution in [0, 0.1) is 0 Å². The largest absolute Gasteiger partial charge is 0.497 e. The Balaban J connectivity index is 1.78. The summed E-state index contributed by atoms with van der Waals surface area (Å²) in [4.78, 5) is 49.7. The van der Waals surface area contributed by atoms with E-state index < -0.39 is 60.2 Å². The highest BCUT2D eigenvalue weighted by Crippen LogP contribution is 2.46. The van der Waals surface area contributed by atoms with E-state index >= 15 is 0 Å². The van der Waals surface area contributed by atoms with E-state index in [2.05, 4.69) is 15.9 Å². The molecular weight excluding hydrogens is 616 g/mol. The molecule has 2 fully saturated rings. The minimum atomic E-state index is -1.92. The number of alkyl halides is 1. The van der Waals surface area contributed by atoms with Crippen LogP contribution in [0.3, 0.4) is 0 Å². The molecule has 11 nitrogen and oxygen atoms in total. The van der Waals surface area contributed by atoms with E-state index in [1.54, 1.807) is 37.4 Å². The van der Waals surface area contributed by atoms with Crippen LogP contribution in [0.1, 0.15) is 54.4 Å². The number of ether oxygens (including phenoxy) is 7. The molecule has 0 N–H and O–H groups in total. The predicted molar refractivity (Wildman–Crippen MR) is 150 cm³/mol. The van der Waals surface area contributed by atoms with Crippen molar-refractivity contribution in [2.45, 2.75) is 74.7 Å². The third-order valence-electron chi connectivity index (χ3n) is 6.95. The zero-order chi connectivity index (χ0) is 30.4. The second kappa shape index (κ2) is 13.7. The van der Waals surface area contributed by atoms with Crippen molar-refractivity contribution < 1.29 is 52.3 Å². The van der Waals surface area contributed by atoms with Gasteiger partial charge in [0.1, 0.15) is 11.9 Å². The lowest BCUT2D eigenvalue weighted by Crippen LogP contribution is -2.72. The van der Waals surface area contributed by atoms with Crippen molar-refractivity contribution >= 4 is 39.8 Å². The van der Waals surface area contributed by atoms with E-state index in [4.69, 9.17) is 33.2 Å². The lowest BCUT2D eigenvalue weighted by Gasteiger charge is -2.54. The van der Waals surface area contributed by atoms with Gasteiger partial charge in [-0.1, -0.05) is 46.3 Å². The Bertz CT molecular complexity index is 1270. The van der Waals surface area contributed by atoms with Crippen molar-refractivity contribution in [1.29, 1.82) is 0 Å². The van der Waals surface area contributed by atoms with Crippen molar-refractivity contribution in [3.63, 3.8) is 0 Å². The average Bonchev–Trinajstić information content (AvgIpc) is 2.97. The summed E-state index contributed by atoms with van der Waals surface area (Å²) in [6, 6.07) is 15.6. The fraction of sp³-hybridized carbons (Fsp3) is 0.467. The normalized spacial score (nSPS) is 27.8. The summed E-state index contributed by atoms with van der Waals surface area (Å²) in [5.74, 6) is -4.08. The number of benzene rings is 2. The molecule has 2 aliphatic rings. The van der Waals surface area contributed by atoms with Gasteiger partial charge < -0.3 is 33.2 Å². The highest BCUT2D eigenvalue weighted by atomic mass is 79.9. The molecule has 0 radical (unpaired) electrons. The Labute approximate surface area is 251 Å². The lowest BCUT2D eigenvalue weighted by molar-refractivity contribution is -0.388. The lowest BCUT2D eigenvalue weighted by atomic mass is 9.82. The molecule has 226 valence electrons. The summed E-state index contributed by atoms with van der Waals surface area (Å²) < 4.78 is 40.9. The first-order valence-corrected chi connectivity index (χ1v) is 14.3. The molecule has 12 heteroatoms. The molecule has 0 amide bonds. The number of halogens is 1. The first-order chi connectivity index (χ1) is 20.0. The SMILES string of the molecule is COc1ccc(C(Br)[C@H]2CCO[C@]3(O2)[C@@H](OC(=O)c2ccccc2)C[C@@H](OC(C)=O)[C@H](OC(C)=O)[C@@H]3OC(C)=O)cc1. The molecule has 4 rings (SSSR count). The Kier molecular flexibility index (Phi) is 10.2. The van der Waals surface area contributed by atoms with Crippen molar-refractivity contribution in [3.8, 4) is 5.75 Å². The van der Waals surface area contributed by atoms with Gasteiger partial charge >= 0.3 is 23.9 Å². The fourth-order valence-electron chi connectivity index (χ4n) is 5.19. The van der Waals surface area contributed by atoms with Crippen LogP contribution in [0.4, 0.5) is 0 Å². The monoisotopic (exact) mass is 648 g/mol. The van der Waals surface area contributed by atoms with Crippen LogP contribution in [0.25, 0.3) is 0 Å². The van der Waals surface area contributed by atoms with Gasteiger partial charge in [-0.2, -0.15) is 0 Å². The van der Waals surface area contributed by atoms with Gasteiger partial charge in [0, 0.05) is 27.2 Å². The number of hydrogen-bond donors (Lipinski definition) is 0. The summed E-state index contributed by atoms with van der Waals surface area (Å²) in [7, 11) is 1.57. The zero-order valence-electron chi connectivity index (χ0n) is 23.7. The van der Waals surface area contributed by atoms with Crippen LogP contribution in [0.15, 0.2) is 54.6 Å². The Hall–Kier alpha value is -3.48. The number of rotatable bonds is 8. The summed E-state index contributed by atoms with van der Waals surface area (Å²) in [5, 5.41) is 0. The van der Waals surface area contributed by atoms with E-state index in [-0.39, 0.29) is 23.4 Å². The van der Waals surface area contributed by atoms with Crippen molar-refractivity contribution in [3.05, 3.63) is 65.7 Å². The number of carbonyl (C=O) groups excluding carboxylic acids is 4. The molecule has 1 unspecified atom stereocenters. The van der Waals surface area contributed by atoms with Crippen molar-refractivity contribution in [1.82, 2.24) is 0 Å². The predicted octanol–water partition coefficient (Wildman–Crippen LogP) is 4.06. The molecule has 1 saturated heterocycles. The number of methoxy groups -OCH3 is 1. The maximum Gasteiger partial charge on any atom is 0.338 e. The Morgan fingerprint density at radius 2 is 1.52 bits per heavy atom. The molecule has 1 spiro atoms. The topological polar surface area (TPSA) is 133 Å². The molecule has 1 aliphatic heterocycles. The van der Waals surface area contributed by atoms with E-state index in [0.29, 0.717) is 12.2 Å². The van der Waals surface area contributed by atoms with Crippen LogP contribution in [0.2, 0.25) is 0 Å². The number of hydrogen-bond acceptors (Lipinski definition) is 11. The van der Waals surface area contributed by atoms with Crippen LogP contribution >= 0.6 is 15.9 Å². The minimum absolute atomic E-state index is 0.116.